The van der Waals surface area contributed by atoms with Gasteiger partial charge in [-0.3, -0.25) is 14.4 Å². The van der Waals surface area contributed by atoms with E-state index in [0.717, 1.165) is 5.56 Å². The van der Waals surface area contributed by atoms with E-state index >= 15 is 0 Å². The smallest absolute Gasteiger partial charge is 0.329 e. The van der Waals surface area contributed by atoms with Gasteiger partial charge in [0.15, 0.2) is 0 Å². The van der Waals surface area contributed by atoms with Gasteiger partial charge in [0.1, 0.15) is 12.4 Å². The summed E-state index contributed by atoms with van der Waals surface area (Å²) in [6, 6.07) is 20.8. The first-order valence-corrected chi connectivity index (χ1v) is 10.3. The average molecular weight is 465 g/mol. The third-order valence-electron chi connectivity index (χ3n) is 4.28. The van der Waals surface area contributed by atoms with Crippen molar-refractivity contribution in [3.63, 3.8) is 0 Å². The van der Waals surface area contributed by atoms with Crippen LogP contribution in [-0.2, 0) is 21.0 Å². The number of hydrogen-bond donors (Lipinski definition) is 3. The molecule has 8 nitrogen and oxygen atoms in total. The van der Waals surface area contributed by atoms with Gasteiger partial charge in [-0.1, -0.05) is 29.8 Å². The molecule has 0 fully saturated rings. The summed E-state index contributed by atoms with van der Waals surface area (Å²) < 4.78 is 5.71. The number of carbonyl (C=O) groups is 3. The van der Waals surface area contributed by atoms with Gasteiger partial charge in [-0.25, -0.2) is 5.43 Å². The quantitative estimate of drug-likeness (QED) is 0.279. The molecule has 3 amide bonds. The maximum absolute atomic E-state index is 12.0. The number of halogens is 1. The number of carbonyl (C=O) groups excluding carboxylic acids is 3. The number of rotatable bonds is 7. The number of nitrogens with zero attached hydrogens (tertiary/aromatic N) is 1. The van der Waals surface area contributed by atoms with Crippen molar-refractivity contribution in [2.45, 2.75) is 13.5 Å². The molecule has 168 valence electrons. The molecule has 0 aliphatic carbocycles. The summed E-state index contributed by atoms with van der Waals surface area (Å²) in [6.45, 7) is 1.74. The van der Waals surface area contributed by atoms with Crippen LogP contribution in [0.2, 0.25) is 5.02 Å². The predicted octanol–water partition coefficient (Wildman–Crippen LogP) is 3.97. The zero-order valence-electron chi connectivity index (χ0n) is 17.7. The first-order valence-electron chi connectivity index (χ1n) is 9.89. The second-order valence-corrected chi connectivity index (χ2v) is 7.27. The lowest BCUT2D eigenvalue weighted by Crippen LogP contribution is -2.32. The number of benzene rings is 3. The summed E-state index contributed by atoms with van der Waals surface area (Å²) in [5.74, 6) is -1.34. The molecule has 0 radical (unpaired) electrons. The normalized spacial score (nSPS) is 10.5. The summed E-state index contributed by atoms with van der Waals surface area (Å²) in [5, 5.41) is 9.49. The van der Waals surface area contributed by atoms with Crippen molar-refractivity contribution in [1.29, 1.82) is 0 Å². The first-order chi connectivity index (χ1) is 15.9. The zero-order valence-corrected chi connectivity index (χ0v) is 18.4. The second kappa shape index (κ2) is 11.4. The predicted molar refractivity (Wildman–Crippen MR) is 127 cm³/mol. The molecule has 0 aliphatic rings. The van der Waals surface area contributed by atoms with Gasteiger partial charge < -0.3 is 15.4 Å². The van der Waals surface area contributed by atoms with Crippen LogP contribution in [0.4, 0.5) is 11.4 Å². The van der Waals surface area contributed by atoms with E-state index in [1.165, 1.54) is 13.1 Å². The van der Waals surface area contributed by atoms with Gasteiger partial charge in [-0.2, -0.15) is 5.10 Å². The molecule has 0 bridgehead atoms. The Hall–Kier alpha value is -4.17. The third kappa shape index (κ3) is 7.48. The third-order valence-corrected chi connectivity index (χ3v) is 4.65. The van der Waals surface area contributed by atoms with E-state index in [4.69, 9.17) is 16.3 Å². The van der Waals surface area contributed by atoms with E-state index in [-0.39, 0.29) is 5.91 Å². The lowest BCUT2D eigenvalue weighted by molar-refractivity contribution is -0.136. The van der Waals surface area contributed by atoms with Crippen molar-refractivity contribution >= 4 is 46.9 Å². The first kappa shape index (κ1) is 23.5. The van der Waals surface area contributed by atoms with Crippen molar-refractivity contribution in [2.75, 3.05) is 10.6 Å². The Balaban J connectivity index is 1.45. The molecule has 0 spiro atoms. The molecular weight excluding hydrogens is 444 g/mol. The molecule has 0 heterocycles. The number of amides is 3. The number of hydrogen-bond acceptors (Lipinski definition) is 5. The minimum atomic E-state index is -0.920. The number of nitrogens with one attached hydrogen (secondary N) is 3. The topological polar surface area (TPSA) is 109 Å². The number of ether oxygens (including phenoxy) is 1. The molecule has 9 heteroatoms. The van der Waals surface area contributed by atoms with E-state index in [9.17, 15) is 14.4 Å². The lowest BCUT2D eigenvalue weighted by atomic mass is 10.2. The number of anilines is 2. The Morgan fingerprint density at radius 2 is 1.52 bits per heavy atom. The second-order valence-electron chi connectivity index (χ2n) is 6.86. The highest BCUT2D eigenvalue weighted by atomic mass is 35.5. The van der Waals surface area contributed by atoms with Crippen molar-refractivity contribution in [3.8, 4) is 5.75 Å². The van der Waals surface area contributed by atoms with E-state index in [1.807, 2.05) is 18.2 Å². The molecular formula is C24H21ClN4O4. The van der Waals surface area contributed by atoms with Crippen LogP contribution in [0.3, 0.4) is 0 Å². The zero-order chi connectivity index (χ0) is 23.6. The van der Waals surface area contributed by atoms with Crippen molar-refractivity contribution in [2.24, 2.45) is 5.10 Å². The Morgan fingerprint density at radius 3 is 2.15 bits per heavy atom. The lowest BCUT2D eigenvalue weighted by Gasteiger charge is -2.08. The Morgan fingerprint density at radius 1 is 0.879 bits per heavy atom. The van der Waals surface area contributed by atoms with Crippen LogP contribution < -0.4 is 20.8 Å². The molecule has 33 heavy (non-hydrogen) atoms. The fourth-order valence-corrected chi connectivity index (χ4v) is 2.86. The van der Waals surface area contributed by atoms with Crippen molar-refractivity contribution in [3.05, 3.63) is 88.9 Å². The standard InChI is InChI=1S/C24H21ClN4O4/c1-16(30)27-19-8-10-20(11-9-19)28-23(31)24(32)29-26-14-17-6-12-21(13-7-17)33-15-18-4-2-3-5-22(18)25/h2-14H,15H2,1H3,(H,27,30)(H,28,31)(H,29,32). The van der Waals surface area contributed by atoms with Gasteiger partial charge in [0.2, 0.25) is 5.91 Å². The Labute approximate surface area is 195 Å². The fourth-order valence-electron chi connectivity index (χ4n) is 2.67. The van der Waals surface area contributed by atoms with Crippen LogP contribution in [0.25, 0.3) is 0 Å². The minimum Gasteiger partial charge on any atom is -0.489 e. The van der Waals surface area contributed by atoms with E-state index in [0.29, 0.717) is 34.3 Å². The molecule has 0 atom stereocenters. The van der Waals surface area contributed by atoms with Crippen LogP contribution in [0.15, 0.2) is 77.9 Å². The molecule has 3 aromatic rings. The van der Waals surface area contributed by atoms with Crippen LogP contribution in [0, 0.1) is 0 Å². The molecule has 3 rings (SSSR count). The molecule has 3 aromatic carbocycles. The molecule has 0 saturated carbocycles. The summed E-state index contributed by atoms with van der Waals surface area (Å²) >= 11 is 6.11. The molecule has 0 aromatic heterocycles. The Kier molecular flexibility index (Phi) is 8.15. The maximum atomic E-state index is 12.0. The fraction of sp³-hybridized carbons (Fsp3) is 0.0833. The van der Waals surface area contributed by atoms with Crippen LogP contribution >= 0.6 is 11.6 Å². The van der Waals surface area contributed by atoms with Crippen molar-refractivity contribution < 1.29 is 19.1 Å². The van der Waals surface area contributed by atoms with Crippen molar-refractivity contribution in [1.82, 2.24) is 5.43 Å². The summed E-state index contributed by atoms with van der Waals surface area (Å²) in [4.78, 5) is 34.9. The van der Waals surface area contributed by atoms with Gasteiger partial charge in [0.25, 0.3) is 0 Å². The number of hydrazone groups is 1. The Bertz CT molecular complexity index is 1160. The summed E-state index contributed by atoms with van der Waals surface area (Å²) in [5.41, 5.74) is 4.74. The highest BCUT2D eigenvalue weighted by molar-refractivity contribution is 6.39. The molecule has 0 aliphatic heterocycles. The van der Waals surface area contributed by atoms with E-state index in [1.54, 1.807) is 54.6 Å². The van der Waals surface area contributed by atoms with Crippen LogP contribution in [0.5, 0.6) is 5.75 Å². The van der Waals surface area contributed by atoms with Gasteiger partial charge >= 0.3 is 11.8 Å². The van der Waals surface area contributed by atoms with Gasteiger partial charge in [0.05, 0.1) is 6.21 Å². The van der Waals surface area contributed by atoms with E-state index < -0.39 is 11.8 Å². The average Bonchev–Trinajstić information content (AvgIpc) is 2.80. The molecule has 0 unspecified atom stereocenters. The SMILES string of the molecule is CC(=O)Nc1ccc(NC(=O)C(=O)NN=Cc2ccc(OCc3ccccc3Cl)cc2)cc1. The largest absolute Gasteiger partial charge is 0.489 e. The summed E-state index contributed by atoms with van der Waals surface area (Å²) in [6.07, 6.45) is 1.41. The monoisotopic (exact) mass is 464 g/mol. The van der Waals surface area contributed by atoms with Crippen LogP contribution in [-0.4, -0.2) is 23.9 Å². The highest BCUT2D eigenvalue weighted by Gasteiger charge is 2.12. The maximum Gasteiger partial charge on any atom is 0.329 e. The summed E-state index contributed by atoms with van der Waals surface area (Å²) in [7, 11) is 0. The van der Waals surface area contributed by atoms with Gasteiger partial charge in [-0.15, -0.1) is 0 Å². The van der Waals surface area contributed by atoms with Gasteiger partial charge in [-0.05, 0) is 60.2 Å². The molecule has 0 saturated heterocycles. The van der Waals surface area contributed by atoms with Crippen LogP contribution in [0.1, 0.15) is 18.1 Å². The highest BCUT2D eigenvalue weighted by Crippen LogP contribution is 2.18. The molecule has 3 N–H and O–H groups in total. The van der Waals surface area contributed by atoms with E-state index in [2.05, 4.69) is 21.2 Å². The van der Waals surface area contributed by atoms with Gasteiger partial charge in [0, 0.05) is 28.9 Å². The minimum absolute atomic E-state index is 0.205.